The Morgan fingerprint density at radius 3 is 2.93 bits per heavy atom. The van der Waals surface area contributed by atoms with Gasteiger partial charge in [0.05, 0.1) is 18.7 Å². The van der Waals surface area contributed by atoms with Crippen LogP contribution in [0.4, 0.5) is 0 Å². The molecule has 3 rings (SSSR count). The van der Waals surface area contributed by atoms with Crippen molar-refractivity contribution in [3.8, 4) is 5.75 Å². The Morgan fingerprint density at radius 1 is 1.37 bits per heavy atom. The second kappa shape index (κ2) is 8.82. The molecule has 0 radical (unpaired) electrons. The molecular formula is C19H18BrClN2O4. The van der Waals surface area contributed by atoms with Crippen molar-refractivity contribution in [1.82, 2.24) is 9.88 Å². The lowest BCUT2D eigenvalue weighted by molar-refractivity contribution is -0.0403. The molecule has 0 spiro atoms. The summed E-state index contributed by atoms with van der Waals surface area (Å²) in [7, 11) is 0. The molecule has 27 heavy (non-hydrogen) atoms. The average Bonchev–Trinajstić information content (AvgIpc) is 2.66. The molecule has 0 aliphatic carbocycles. The summed E-state index contributed by atoms with van der Waals surface area (Å²) >= 11 is 9.22. The third-order valence-corrected chi connectivity index (χ3v) is 4.78. The standard InChI is InChI=1S/C19H18BrClN2O4/c1-12(24)15-9-13(21)5-6-17(15)27-11-14-10-23(7-8-26-14)19(25)16-3-2-4-18(20)22-16/h2-6,9,14H,7-8,10-11H2,1H3. The third kappa shape index (κ3) is 5.06. The monoisotopic (exact) mass is 452 g/mol. The number of hydrogen-bond acceptors (Lipinski definition) is 5. The summed E-state index contributed by atoms with van der Waals surface area (Å²) in [5, 5.41) is 0.472. The molecule has 8 heteroatoms. The number of Topliss-reactive ketones (excluding diaryl/α,β-unsaturated/α-hetero) is 1. The van der Waals surface area contributed by atoms with Crippen molar-refractivity contribution in [2.75, 3.05) is 26.3 Å². The smallest absolute Gasteiger partial charge is 0.272 e. The minimum atomic E-state index is -0.301. The van der Waals surface area contributed by atoms with Crippen molar-refractivity contribution in [1.29, 1.82) is 0 Å². The minimum Gasteiger partial charge on any atom is -0.490 e. The van der Waals surface area contributed by atoms with Crippen molar-refractivity contribution in [2.24, 2.45) is 0 Å². The second-order valence-corrected chi connectivity index (χ2v) is 7.35. The zero-order valence-electron chi connectivity index (χ0n) is 14.7. The van der Waals surface area contributed by atoms with Gasteiger partial charge in [0.1, 0.15) is 28.8 Å². The predicted molar refractivity (Wildman–Crippen MR) is 105 cm³/mol. The number of amides is 1. The summed E-state index contributed by atoms with van der Waals surface area (Å²) in [6.07, 6.45) is -0.301. The van der Waals surface area contributed by atoms with Crippen LogP contribution < -0.4 is 4.74 Å². The number of nitrogens with zero attached hydrogens (tertiary/aromatic N) is 2. The summed E-state index contributed by atoms with van der Waals surface area (Å²) < 4.78 is 12.1. The molecule has 1 saturated heterocycles. The molecule has 1 fully saturated rings. The van der Waals surface area contributed by atoms with Gasteiger partial charge in [-0.2, -0.15) is 0 Å². The molecule has 0 saturated carbocycles. The first kappa shape index (κ1) is 19.8. The van der Waals surface area contributed by atoms with E-state index in [2.05, 4.69) is 20.9 Å². The molecule has 2 heterocycles. The number of rotatable bonds is 5. The van der Waals surface area contributed by atoms with Gasteiger partial charge >= 0.3 is 0 Å². The third-order valence-electron chi connectivity index (χ3n) is 4.11. The highest BCUT2D eigenvalue weighted by Crippen LogP contribution is 2.24. The van der Waals surface area contributed by atoms with Crippen molar-refractivity contribution < 1.29 is 19.1 Å². The van der Waals surface area contributed by atoms with E-state index in [0.29, 0.717) is 46.3 Å². The molecule has 142 valence electrons. The lowest BCUT2D eigenvalue weighted by Gasteiger charge is -2.32. The van der Waals surface area contributed by atoms with E-state index in [1.165, 1.54) is 6.92 Å². The number of halogens is 2. The molecule has 1 aromatic heterocycles. The predicted octanol–water partition coefficient (Wildman–Crippen LogP) is 3.62. The minimum absolute atomic E-state index is 0.130. The van der Waals surface area contributed by atoms with Crippen LogP contribution in [0.2, 0.25) is 5.02 Å². The van der Waals surface area contributed by atoms with Gasteiger partial charge in [0, 0.05) is 11.6 Å². The number of carbonyl (C=O) groups is 2. The van der Waals surface area contributed by atoms with Crippen LogP contribution >= 0.6 is 27.5 Å². The van der Waals surface area contributed by atoms with Crippen molar-refractivity contribution in [2.45, 2.75) is 13.0 Å². The summed E-state index contributed by atoms with van der Waals surface area (Å²) in [4.78, 5) is 30.3. The molecule has 6 nitrogen and oxygen atoms in total. The molecule has 0 N–H and O–H groups in total. The van der Waals surface area contributed by atoms with Crippen LogP contribution in [0.3, 0.4) is 0 Å². The fourth-order valence-corrected chi connectivity index (χ4v) is 3.30. The van der Waals surface area contributed by atoms with Crippen molar-refractivity contribution in [3.05, 3.63) is 57.3 Å². The maximum atomic E-state index is 12.6. The Labute approximate surface area is 170 Å². The normalized spacial score (nSPS) is 16.9. The van der Waals surface area contributed by atoms with Crippen LogP contribution in [0.1, 0.15) is 27.8 Å². The summed E-state index contributed by atoms with van der Waals surface area (Å²) in [5.41, 5.74) is 0.798. The Hall–Kier alpha value is -1.96. The maximum absolute atomic E-state index is 12.6. The first-order valence-electron chi connectivity index (χ1n) is 8.41. The first-order chi connectivity index (χ1) is 12.9. The van der Waals surface area contributed by atoms with Crippen LogP contribution in [0.25, 0.3) is 0 Å². The number of aromatic nitrogens is 1. The molecule has 1 aromatic carbocycles. The van der Waals surface area contributed by atoms with Crippen LogP contribution in [0.5, 0.6) is 5.75 Å². The number of pyridine rings is 1. The van der Waals surface area contributed by atoms with E-state index >= 15 is 0 Å². The quantitative estimate of drug-likeness (QED) is 0.511. The molecule has 0 bridgehead atoms. The van der Waals surface area contributed by atoms with Gasteiger partial charge in [-0.25, -0.2) is 4.98 Å². The Kier molecular flexibility index (Phi) is 6.46. The topological polar surface area (TPSA) is 68.7 Å². The summed E-state index contributed by atoms with van der Waals surface area (Å²) in [6.45, 7) is 2.96. The fraction of sp³-hybridized carbons (Fsp3) is 0.316. The Morgan fingerprint density at radius 2 is 2.19 bits per heavy atom. The highest BCUT2D eigenvalue weighted by atomic mass is 79.9. The Bertz CT molecular complexity index is 861. The van der Waals surface area contributed by atoms with Gasteiger partial charge in [-0.05, 0) is 53.2 Å². The highest BCUT2D eigenvalue weighted by Gasteiger charge is 2.26. The molecular weight excluding hydrogens is 436 g/mol. The maximum Gasteiger partial charge on any atom is 0.272 e. The fourth-order valence-electron chi connectivity index (χ4n) is 2.78. The van der Waals surface area contributed by atoms with Crippen molar-refractivity contribution >= 4 is 39.2 Å². The molecule has 1 atom stereocenters. The molecule has 1 aliphatic rings. The first-order valence-corrected chi connectivity index (χ1v) is 9.58. The second-order valence-electron chi connectivity index (χ2n) is 6.10. The molecule has 1 amide bonds. The van der Waals surface area contributed by atoms with Gasteiger partial charge in [0.25, 0.3) is 5.91 Å². The average molecular weight is 454 g/mol. The van der Waals surface area contributed by atoms with E-state index in [4.69, 9.17) is 21.1 Å². The summed E-state index contributed by atoms with van der Waals surface area (Å²) in [5.74, 6) is 0.169. The number of morpholine rings is 1. The molecule has 1 aliphatic heterocycles. The van der Waals surface area contributed by atoms with E-state index in [1.807, 2.05) is 0 Å². The van der Waals surface area contributed by atoms with Gasteiger partial charge in [-0.3, -0.25) is 9.59 Å². The molecule has 1 unspecified atom stereocenters. The largest absolute Gasteiger partial charge is 0.490 e. The van der Waals surface area contributed by atoms with Gasteiger partial charge in [-0.1, -0.05) is 17.7 Å². The zero-order valence-corrected chi connectivity index (χ0v) is 17.0. The number of ketones is 1. The van der Waals surface area contributed by atoms with Gasteiger partial charge < -0.3 is 14.4 Å². The van der Waals surface area contributed by atoms with E-state index in [-0.39, 0.29) is 24.4 Å². The van der Waals surface area contributed by atoms with Crippen LogP contribution in [-0.2, 0) is 4.74 Å². The number of hydrogen-bond donors (Lipinski definition) is 0. The lowest BCUT2D eigenvalue weighted by Crippen LogP contribution is -2.47. The van der Waals surface area contributed by atoms with Crippen LogP contribution in [0, 0.1) is 0 Å². The van der Waals surface area contributed by atoms with Crippen LogP contribution in [-0.4, -0.2) is 54.0 Å². The van der Waals surface area contributed by atoms with E-state index in [0.717, 1.165) is 0 Å². The van der Waals surface area contributed by atoms with E-state index < -0.39 is 0 Å². The zero-order chi connectivity index (χ0) is 19.4. The number of ether oxygens (including phenoxy) is 2. The lowest BCUT2D eigenvalue weighted by atomic mass is 10.1. The van der Waals surface area contributed by atoms with Crippen LogP contribution in [0.15, 0.2) is 41.0 Å². The SMILES string of the molecule is CC(=O)c1cc(Cl)ccc1OCC1CN(C(=O)c2cccc(Br)n2)CCO1. The van der Waals surface area contributed by atoms with Gasteiger partial charge in [0.15, 0.2) is 5.78 Å². The Balaban J connectivity index is 1.64. The van der Waals surface area contributed by atoms with E-state index in [9.17, 15) is 9.59 Å². The number of benzene rings is 1. The summed E-state index contributed by atoms with van der Waals surface area (Å²) in [6, 6.07) is 10.1. The van der Waals surface area contributed by atoms with Gasteiger partial charge in [-0.15, -0.1) is 0 Å². The van der Waals surface area contributed by atoms with Gasteiger partial charge in [0.2, 0.25) is 0 Å². The van der Waals surface area contributed by atoms with E-state index in [1.54, 1.807) is 41.3 Å². The van der Waals surface area contributed by atoms with Crippen molar-refractivity contribution in [3.63, 3.8) is 0 Å². The molecule has 2 aromatic rings. The highest BCUT2D eigenvalue weighted by molar-refractivity contribution is 9.10. The number of carbonyl (C=O) groups excluding carboxylic acids is 2.